The summed E-state index contributed by atoms with van der Waals surface area (Å²) in [5.74, 6) is 1.65. The van der Waals surface area contributed by atoms with Crippen molar-refractivity contribution in [3.63, 3.8) is 0 Å². The number of rotatable bonds is 7. The maximum atomic E-state index is 5.91. The Morgan fingerprint density at radius 3 is 2.70 bits per heavy atom. The monoisotopic (exact) mass is 276 g/mol. The maximum Gasteiger partial charge on any atom is 0.119 e. The largest absolute Gasteiger partial charge is 0.494 e. The van der Waals surface area contributed by atoms with Crippen LogP contribution >= 0.6 is 0 Å². The number of hydrogen-bond donors (Lipinski definition) is 1. The highest BCUT2D eigenvalue weighted by atomic mass is 16.5. The molecular weight excluding hydrogens is 248 g/mol. The average Bonchev–Trinajstić information content (AvgIpc) is 2.52. The van der Waals surface area contributed by atoms with Gasteiger partial charge in [-0.25, -0.2) is 0 Å². The lowest BCUT2D eigenvalue weighted by Gasteiger charge is -2.37. The Hall–Kier alpha value is -1.06. The Balaban J connectivity index is 1.68. The van der Waals surface area contributed by atoms with Crippen LogP contribution in [0.3, 0.4) is 0 Å². The Kier molecular flexibility index (Phi) is 6.34. The van der Waals surface area contributed by atoms with Crippen LogP contribution in [0.25, 0.3) is 0 Å². The molecule has 2 N–H and O–H groups in total. The van der Waals surface area contributed by atoms with Crippen molar-refractivity contribution >= 4 is 0 Å². The molecule has 2 rings (SSSR count). The number of nitrogens with two attached hydrogens (primary N) is 1. The molecule has 1 fully saturated rings. The van der Waals surface area contributed by atoms with Gasteiger partial charge in [0, 0.05) is 12.6 Å². The minimum Gasteiger partial charge on any atom is -0.494 e. The van der Waals surface area contributed by atoms with E-state index >= 15 is 0 Å². The Labute approximate surface area is 123 Å². The molecule has 1 aromatic carbocycles. The molecule has 20 heavy (non-hydrogen) atoms. The first kappa shape index (κ1) is 15.3. The molecule has 0 radical (unpaired) electrons. The van der Waals surface area contributed by atoms with Gasteiger partial charge in [-0.3, -0.25) is 0 Å². The topological polar surface area (TPSA) is 38.5 Å². The van der Waals surface area contributed by atoms with Gasteiger partial charge in [0.1, 0.15) is 5.75 Å². The van der Waals surface area contributed by atoms with E-state index in [1.165, 1.54) is 25.7 Å². The van der Waals surface area contributed by atoms with Crippen LogP contribution in [0.4, 0.5) is 0 Å². The van der Waals surface area contributed by atoms with E-state index in [2.05, 4.69) is 11.9 Å². The van der Waals surface area contributed by atoms with Gasteiger partial charge in [-0.1, -0.05) is 31.0 Å². The molecule has 0 aliphatic heterocycles. The van der Waals surface area contributed by atoms with Crippen molar-refractivity contribution in [2.75, 3.05) is 26.7 Å². The van der Waals surface area contributed by atoms with Crippen molar-refractivity contribution < 1.29 is 4.74 Å². The molecule has 1 aromatic rings. The van der Waals surface area contributed by atoms with Crippen molar-refractivity contribution in [3.05, 3.63) is 30.3 Å². The molecule has 2 unspecified atom stereocenters. The van der Waals surface area contributed by atoms with Crippen molar-refractivity contribution in [1.29, 1.82) is 0 Å². The van der Waals surface area contributed by atoms with E-state index in [4.69, 9.17) is 10.5 Å². The third-order valence-corrected chi connectivity index (χ3v) is 4.40. The van der Waals surface area contributed by atoms with E-state index in [0.29, 0.717) is 12.0 Å². The molecule has 1 aliphatic rings. The fraction of sp³-hybridized carbons (Fsp3) is 0.647. The molecule has 1 saturated carbocycles. The predicted octanol–water partition coefficient (Wildman–Crippen LogP) is 2.90. The molecule has 0 saturated heterocycles. The van der Waals surface area contributed by atoms with Gasteiger partial charge in [0.2, 0.25) is 0 Å². The van der Waals surface area contributed by atoms with Gasteiger partial charge >= 0.3 is 0 Å². The zero-order chi connectivity index (χ0) is 14.2. The van der Waals surface area contributed by atoms with Gasteiger partial charge < -0.3 is 15.4 Å². The van der Waals surface area contributed by atoms with Crippen LogP contribution in [0, 0.1) is 5.92 Å². The number of hydrogen-bond acceptors (Lipinski definition) is 3. The van der Waals surface area contributed by atoms with Gasteiger partial charge in [-0.15, -0.1) is 0 Å². The number of benzene rings is 1. The summed E-state index contributed by atoms with van der Waals surface area (Å²) in [6.07, 6.45) is 6.37. The predicted molar refractivity (Wildman–Crippen MR) is 84.0 cm³/mol. The summed E-state index contributed by atoms with van der Waals surface area (Å²) in [6, 6.07) is 10.7. The van der Waals surface area contributed by atoms with Crippen LogP contribution in [0.5, 0.6) is 5.75 Å². The van der Waals surface area contributed by atoms with Gasteiger partial charge in [-0.2, -0.15) is 0 Å². The van der Waals surface area contributed by atoms with E-state index in [-0.39, 0.29) is 0 Å². The number of ether oxygens (including phenoxy) is 1. The highest BCUT2D eigenvalue weighted by Crippen LogP contribution is 2.27. The summed E-state index contributed by atoms with van der Waals surface area (Å²) >= 11 is 0. The summed E-state index contributed by atoms with van der Waals surface area (Å²) in [4.78, 5) is 2.49. The van der Waals surface area contributed by atoms with Crippen LogP contribution in [-0.2, 0) is 0 Å². The fourth-order valence-electron chi connectivity index (χ4n) is 3.23. The zero-order valence-corrected chi connectivity index (χ0v) is 12.6. The molecule has 0 aromatic heterocycles. The van der Waals surface area contributed by atoms with Crippen molar-refractivity contribution in [1.82, 2.24) is 4.90 Å². The molecule has 3 nitrogen and oxygen atoms in total. The summed E-state index contributed by atoms with van der Waals surface area (Å²) < 4.78 is 5.75. The highest BCUT2D eigenvalue weighted by molar-refractivity contribution is 5.20. The van der Waals surface area contributed by atoms with E-state index in [0.717, 1.165) is 31.9 Å². The van der Waals surface area contributed by atoms with Crippen LogP contribution in [-0.4, -0.2) is 37.7 Å². The molecule has 112 valence electrons. The summed E-state index contributed by atoms with van der Waals surface area (Å²) in [6.45, 7) is 2.71. The van der Waals surface area contributed by atoms with Gasteiger partial charge in [-0.05, 0) is 50.9 Å². The lowest BCUT2D eigenvalue weighted by atomic mass is 9.83. The van der Waals surface area contributed by atoms with Crippen molar-refractivity contribution in [3.8, 4) is 5.75 Å². The molecule has 3 heteroatoms. The van der Waals surface area contributed by atoms with E-state index < -0.39 is 0 Å². The van der Waals surface area contributed by atoms with Crippen molar-refractivity contribution in [2.24, 2.45) is 11.7 Å². The van der Waals surface area contributed by atoms with E-state index in [1.807, 2.05) is 30.3 Å². The lowest BCUT2D eigenvalue weighted by Crippen LogP contribution is -2.43. The molecule has 0 spiro atoms. The van der Waals surface area contributed by atoms with Crippen LogP contribution in [0.2, 0.25) is 0 Å². The zero-order valence-electron chi connectivity index (χ0n) is 12.6. The van der Waals surface area contributed by atoms with E-state index in [9.17, 15) is 0 Å². The minimum absolute atomic E-state index is 0.672. The Morgan fingerprint density at radius 1 is 1.20 bits per heavy atom. The second kappa shape index (κ2) is 8.28. The number of nitrogens with zero attached hydrogens (tertiary/aromatic N) is 1. The average molecular weight is 276 g/mol. The molecular formula is C17H28N2O. The molecule has 1 aliphatic carbocycles. The van der Waals surface area contributed by atoms with Gasteiger partial charge in [0.15, 0.2) is 0 Å². The standard InChI is InChI=1S/C17H28N2O/c1-19(17-11-6-5-8-15(17)14-18)12-7-13-20-16-9-3-2-4-10-16/h2-4,9-10,15,17H,5-8,11-14,18H2,1H3. The van der Waals surface area contributed by atoms with E-state index in [1.54, 1.807) is 0 Å². The minimum atomic E-state index is 0.672. The summed E-state index contributed by atoms with van der Waals surface area (Å²) in [7, 11) is 2.24. The summed E-state index contributed by atoms with van der Waals surface area (Å²) in [5.41, 5.74) is 5.91. The first-order valence-corrected chi connectivity index (χ1v) is 7.89. The van der Waals surface area contributed by atoms with Gasteiger partial charge in [0.05, 0.1) is 6.61 Å². The maximum absolute atomic E-state index is 5.91. The first-order valence-electron chi connectivity index (χ1n) is 7.89. The number of para-hydroxylation sites is 1. The molecule has 0 amide bonds. The first-order chi connectivity index (χ1) is 9.81. The lowest BCUT2D eigenvalue weighted by molar-refractivity contribution is 0.126. The second-order valence-corrected chi connectivity index (χ2v) is 5.84. The van der Waals surface area contributed by atoms with Crippen LogP contribution in [0.15, 0.2) is 30.3 Å². The quantitative estimate of drug-likeness (QED) is 0.778. The smallest absolute Gasteiger partial charge is 0.119 e. The summed E-state index contributed by atoms with van der Waals surface area (Å²) in [5, 5.41) is 0. The molecule has 0 bridgehead atoms. The second-order valence-electron chi connectivity index (χ2n) is 5.84. The molecule has 2 atom stereocenters. The normalized spacial score (nSPS) is 22.9. The van der Waals surface area contributed by atoms with Crippen molar-refractivity contribution in [2.45, 2.75) is 38.1 Å². The third kappa shape index (κ3) is 4.50. The Morgan fingerprint density at radius 2 is 1.95 bits per heavy atom. The highest BCUT2D eigenvalue weighted by Gasteiger charge is 2.26. The third-order valence-electron chi connectivity index (χ3n) is 4.40. The molecule has 0 heterocycles. The Bertz CT molecular complexity index is 369. The van der Waals surface area contributed by atoms with Crippen LogP contribution < -0.4 is 10.5 Å². The van der Waals surface area contributed by atoms with Crippen LogP contribution in [0.1, 0.15) is 32.1 Å². The SMILES string of the molecule is CN(CCCOc1ccccc1)C1CCCCC1CN. The van der Waals surface area contributed by atoms with Gasteiger partial charge in [0.25, 0.3) is 0 Å². The fourth-order valence-corrected chi connectivity index (χ4v) is 3.23.